The third kappa shape index (κ3) is 8.02. The van der Waals surface area contributed by atoms with Crippen LogP contribution in [0.5, 0.6) is 0 Å². The van der Waals surface area contributed by atoms with E-state index >= 15 is 0 Å². The molecular weight excluding hydrogens is 863 g/mol. The third-order valence-corrected chi connectivity index (χ3v) is 19.0. The van der Waals surface area contributed by atoms with Crippen molar-refractivity contribution in [2.45, 2.75) is 205 Å². The second-order valence-corrected chi connectivity index (χ2v) is 23.5. The van der Waals surface area contributed by atoms with Gasteiger partial charge in [-0.2, -0.15) is 0 Å². The Morgan fingerprint density at radius 3 is 2.08 bits per heavy atom. The molecule has 0 aromatic heterocycles. The number of nitrogens with one attached hydrogen (secondary N) is 1. The van der Waals surface area contributed by atoms with Gasteiger partial charge in [0.15, 0.2) is 18.9 Å². The molecule has 18 nitrogen and oxygen atoms in total. The number of aliphatic hydroxyl groups is 8. The van der Waals surface area contributed by atoms with Crippen LogP contribution < -0.4 is 5.32 Å². The van der Waals surface area contributed by atoms with Crippen molar-refractivity contribution in [2.75, 3.05) is 19.8 Å². The molecule has 4 saturated carbocycles. The van der Waals surface area contributed by atoms with E-state index in [9.17, 15) is 55.5 Å². The number of amides is 1. The van der Waals surface area contributed by atoms with E-state index in [1.54, 1.807) is 0 Å². The highest BCUT2D eigenvalue weighted by Gasteiger charge is 2.71. The summed E-state index contributed by atoms with van der Waals surface area (Å²) < 4.78 is 36.0. The number of rotatable bonds is 9. The fraction of sp³-hybridized carbons (Fsp3) is 0.917. The normalized spacial score (nSPS) is 52.1. The quantitative estimate of drug-likeness (QED) is 0.114. The summed E-state index contributed by atoms with van der Waals surface area (Å²) in [6.45, 7) is 16.0. The minimum absolute atomic E-state index is 0.0435. The largest absolute Gasteiger partial charge is 0.481 e. The van der Waals surface area contributed by atoms with Gasteiger partial charge in [-0.05, 0) is 103 Å². The number of carboxylic acid groups (broad SMARTS) is 1. The second-order valence-electron chi connectivity index (χ2n) is 23.5. The summed E-state index contributed by atoms with van der Waals surface area (Å²) in [5, 5.41) is 100. The van der Waals surface area contributed by atoms with Crippen molar-refractivity contribution in [3.05, 3.63) is 11.6 Å². The highest BCUT2D eigenvalue weighted by molar-refractivity contribution is 5.77. The van der Waals surface area contributed by atoms with Gasteiger partial charge in [-0.25, -0.2) is 0 Å². The van der Waals surface area contributed by atoms with Crippen molar-refractivity contribution in [2.24, 2.45) is 50.2 Å². The number of aliphatic carboxylic acids is 1. The van der Waals surface area contributed by atoms with E-state index in [1.165, 1.54) is 12.5 Å². The predicted octanol–water partition coefficient (Wildman–Crippen LogP) is 1.10. The molecule has 5 aliphatic carbocycles. The van der Waals surface area contributed by atoms with Crippen LogP contribution in [0.25, 0.3) is 0 Å². The highest BCUT2D eigenvalue weighted by Crippen LogP contribution is 2.76. The van der Waals surface area contributed by atoms with Gasteiger partial charge in [0.1, 0.15) is 66.4 Å². The van der Waals surface area contributed by atoms with Crippen molar-refractivity contribution in [3.8, 4) is 0 Å². The summed E-state index contributed by atoms with van der Waals surface area (Å²) in [6.07, 6.45) is -10.5. The Kier molecular flexibility index (Phi) is 13.6. The fourth-order valence-corrected chi connectivity index (χ4v) is 15.0. The van der Waals surface area contributed by atoms with Gasteiger partial charge >= 0.3 is 5.97 Å². The van der Waals surface area contributed by atoms with Gasteiger partial charge in [0.2, 0.25) is 5.91 Å². The maximum absolute atomic E-state index is 13.2. The molecule has 18 heteroatoms. The SMILES string of the molecule is CC(=O)N[C@H]1[C@H](O[C@H]2CC[C@@]3(C)C(CC[C@]4(C)C3CC=C3C5CC(C)(C)CC[C@]5(C(=O)O)[C@H](O)C[C@]34C)C2(C)C)O[C@H](CO[C@@H]2OC[C@H](O)[C@H](O)[C@H]2O[C@@H]2OC[C@@H](O)[C@H](O)[C@H]2O)[C@@H](O)[C@@H]1O. The zero-order chi connectivity index (χ0) is 48.3. The van der Waals surface area contributed by atoms with Crippen LogP contribution in [0.2, 0.25) is 0 Å². The van der Waals surface area contributed by atoms with Crippen LogP contribution in [-0.2, 0) is 38.0 Å². The van der Waals surface area contributed by atoms with E-state index in [0.29, 0.717) is 19.3 Å². The molecule has 3 heterocycles. The van der Waals surface area contributed by atoms with Crippen LogP contribution in [0.15, 0.2) is 11.6 Å². The topological polar surface area (TPSA) is 284 Å². The lowest BCUT2D eigenvalue weighted by Crippen LogP contribution is -2.68. The molecule has 8 aliphatic rings. The van der Waals surface area contributed by atoms with Gasteiger partial charge in [0.25, 0.3) is 0 Å². The van der Waals surface area contributed by atoms with E-state index in [2.05, 4.69) is 59.9 Å². The molecule has 7 fully saturated rings. The molecule has 66 heavy (non-hydrogen) atoms. The molecule has 0 spiro atoms. The maximum atomic E-state index is 13.2. The number of hydrogen-bond donors (Lipinski definition) is 10. The molecule has 22 atom stereocenters. The Morgan fingerprint density at radius 2 is 1.41 bits per heavy atom. The number of ether oxygens (including phenoxy) is 6. The van der Waals surface area contributed by atoms with Crippen molar-refractivity contribution < 1.29 is 84.0 Å². The number of carbonyl (C=O) groups is 2. The maximum Gasteiger partial charge on any atom is 0.312 e. The molecule has 3 unspecified atom stereocenters. The Labute approximate surface area is 387 Å². The Hall–Kier alpha value is -1.88. The summed E-state index contributed by atoms with van der Waals surface area (Å²) >= 11 is 0. The van der Waals surface area contributed by atoms with Gasteiger partial charge in [-0.1, -0.05) is 60.1 Å². The molecule has 3 aliphatic heterocycles. The lowest BCUT2D eigenvalue weighted by atomic mass is 9.33. The van der Waals surface area contributed by atoms with Crippen molar-refractivity contribution in [1.29, 1.82) is 0 Å². The second kappa shape index (κ2) is 17.8. The van der Waals surface area contributed by atoms with Gasteiger partial charge < -0.3 is 79.7 Å². The zero-order valence-electron chi connectivity index (χ0n) is 39.7. The summed E-state index contributed by atoms with van der Waals surface area (Å²) in [6, 6.07) is -1.17. The van der Waals surface area contributed by atoms with Gasteiger partial charge in [0, 0.05) is 6.92 Å². The molecule has 1 amide bonds. The number of aliphatic hydroxyl groups excluding tert-OH is 8. The van der Waals surface area contributed by atoms with Crippen LogP contribution in [0.4, 0.5) is 0 Å². The molecule has 0 bridgehead atoms. The minimum Gasteiger partial charge on any atom is -0.481 e. The molecule has 0 aromatic rings. The number of fused-ring (bicyclic) bond motifs is 7. The number of hydrogen-bond acceptors (Lipinski definition) is 16. The van der Waals surface area contributed by atoms with Gasteiger partial charge in [0.05, 0.1) is 32.0 Å². The number of allylic oxidation sites excluding steroid dienone is 2. The van der Waals surface area contributed by atoms with E-state index in [4.69, 9.17) is 28.4 Å². The predicted molar refractivity (Wildman–Crippen MR) is 232 cm³/mol. The monoisotopic (exact) mass is 940 g/mol. The highest BCUT2D eigenvalue weighted by atomic mass is 16.8. The molecule has 8 rings (SSSR count). The molecular formula is C48H77NO17. The molecule has 376 valence electrons. The van der Waals surface area contributed by atoms with Crippen LogP contribution in [0, 0.1) is 50.2 Å². The first-order chi connectivity index (χ1) is 30.7. The first-order valence-corrected chi connectivity index (χ1v) is 24.2. The van der Waals surface area contributed by atoms with Crippen molar-refractivity contribution in [1.82, 2.24) is 5.32 Å². The molecule has 3 saturated heterocycles. The molecule has 0 radical (unpaired) electrons. The smallest absolute Gasteiger partial charge is 0.312 e. The van der Waals surface area contributed by atoms with E-state index in [1.807, 2.05) is 0 Å². The first-order valence-electron chi connectivity index (χ1n) is 24.2. The third-order valence-electron chi connectivity index (χ3n) is 19.0. The summed E-state index contributed by atoms with van der Waals surface area (Å²) in [4.78, 5) is 25.7. The molecule has 10 N–H and O–H groups in total. The lowest BCUT2D eigenvalue weighted by Gasteiger charge is -2.71. The number of carbonyl (C=O) groups excluding carboxylic acids is 1. The standard InChI is InChI=1S/C48H77NO17/c1-22(50)49-32-36(57)35(56)27(21-63-41-38(34(55)26(52)20-62-41)66-40-37(58)33(54)25(51)19-61-40)64-39(32)65-31-12-13-45(6)28(44(31,4)5)11-14-46(7)29(45)10-9-23-24-17-43(2,3)15-16-48(24,42(59)60)30(53)18-47(23,46)8/h9,24-41,51-58H,10-21H2,1-8H3,(H,49,50)(H,59,60)/t24?,25-,26+,27-,28?,29?,30-,31+,32-,33+,34+,35-,36-,37-,38-,39+,40+,41+,45+,46-,47-,48-/m1/s1. The lowest BCUT2D eigenvalue weighted by molar-refractivity contribution is -0.352. The number of carboxylic acids is 1. The Balaban J connectivity index is 1.00. The summed E-state index contributed by atoms with van der Waals surface area (Å²) in [5.74, 6) is -1.21. The van der Waals surface area contributed by atoms with Crippen LogP contribution >= 0.6 is 0 Å². The fourth-order valence-electron chi connectivity index (χ4n) is 15.0. The average Bonchev–Trinajstić information content (AvgIpc) is 3.23. The minimum atomic E-state index is -1.71. The van der Waals surface area contributed by atoms with E-state index in [0.717, 1.165) is 38.5 Å². The van der Waals surface area contributed by atoms with Gasteiger partial charge in [-0.15, -0.1) is 0 Å². The van der Waals surface area contributed by atoms with Gasteiger partial charge in [-0.3, -0.25) is 9.59 Å². The summed E-state index contributed by atoms with van der Waals surface area (Å²) in [7, 11) is 0. The molecule has 0 aromatic carbocycles. The van der Waals surface area contributed by atoms with Crippen molar-refractivity contribution in [3.63, 3.8) is 0 Å². The Morgan fingerprint density at radius 1 is 0.742 bits per heavy atom. The average molecular weight is 940 g/mol. The van der Waals surface area contributed by atoms with Crippen LogP contribution in [0.1, 0.15) is 113 Å². The van der Waals surface area contributed by atoms with Crippen LogP contribution in [0.3, 0.4) is 0 Å². The van der Waals surface area contributed by atoms with E-state index in [-0.39, 0.29) is 47.2 Å². The Bertz CT molecular complexity index is 1850. The van der Waals surface area contributed by atoms with Crippen molar-refractivity contribution >= 4 is 11.9 Å². The zero-order valence-corrected chi connectivity index (χ0v) is 39.7. The summed E-state index contributed by atoms with van der Waals surface area (Å²) in [5.41, 5.74) is -1.25. The first kappa shape index (κ1) is 50.5. The van der Waals surface area contributed by atoms with E-state index < -0.39 is 127 Å². The van der Waals surface area contributed by atoms with Crippen LogP contribution in [-0.4, -0.2) is 170 Å².